The molecule has 4 aromatic carbocycles. The van der Waals surface area contributed by atoms with Crippen LogP contribution in [-0.2, 0) is 9.59 Å². The van der Waals surface area contributed by atoms with Crippen molar-refractivity contribution in [3.63, 3.8) is 0 Å². The number of nitrogens with zero attached hydrogens (tertiary/aromatic N) is 1. The number of carbonyl (C=O) groups is 3. The molecular formula is C37H27Cl2N3O6. The molecule has 1 spiro atoms. The molecule has 9 nitrogen and oxygen atoms in total. The Morgan fingerprint density at radius 2 is 1.21 bits per heavy atom. The molecule has 2 N–H and O–H groups in total. The number of urea groups is 1. The fourth-order valence-corrected chi connectivity index (χ4v) is 7.04. The van der Waals surface area contributed by atoms with E-state index in [1.807, 2.05) is 42.5 Å². The van der Waals surface area contributed by atoms with Crippen LogP contribution in [0.1, 0.15) is 39.8 Å². The van der Waals surface area contributed by atoms with Crippen LogP contribution in [0.2, 0.25) is 10.0 Å². The Labute approximate surface area is 285 Å². The first-order valence-corrected chi connectivity index (χ1v) is 15.7. The smallest absolute Gasteiger partial charge is 0.328 e. The number of imide groups is 2. The van der Waals surface area contributed by atoms with Crippen molar-refractivity contribution in [1.29, 1.82) is 0 Å². The summed E-state index contributed by atoms with van der Waals surface area (Å²) in [7, 11) is 3.15. The average molecular weight is 681 g/mol. The molecule has 0 saturated carbocycles. The number of aromatic nitrogens is 1. The quantitative estimate of drug-likeness (QED) is 0.179. The van der Waals surface area contributed by atoms with E-state index in [4.69, 9.17) is 37.2 Å². The minimum absolute atomic E-state index is 0.347. The second kappa shape index (κ2) is 12.3. The number of methoxy groups -OCH3 is 2. The van der Waals surface area contributed by atoms with Crippen molar-refractivity contribution in [2.45, 2.75) is 11.8 Å². The molecule has 48 heavy (non-hydrogen) atoms. The highest BCUT2D eigenvalue weighted by atomic mass is 35.5. The van der Waals surface area contributed by atoms with Crippen LogP contribution in [0.5, 0.6) is 11.5 Å². The zero-order chi connectivity index (χ0) is 33.6. The lowest BCUT2D eigenvalue weighted by Crippen LogP contribution is -2.67. The van der Waals surface area contributed by atoms with Gasteiger partial charge in [0, 0.05) is 33.0 Å². The van der Waals surface area contributed by atoms with Crippen LogP contribution in [0.4, 0.5) is 4.79 Å². The number of hydrogen-bond acceptors (Lipinski definition) is 7. The Bertz CT molecular complexity index is 2050. The highest BCUT2D eigenvalue weighted by Gasteiger charge is 2.66. The Hall–Kier alpha value is -5.38. The largest absolute Gasteiger partial charge is 0.497 e. The van der Waals surface area contributed by atoms with Gasteiger partial charge in [-0.1, -0.05) is 64.8 Å². The lowest BCUT2D eigenvalue weighted by molar-refractivity contribution is -0.146. The normalized spacial score (nSPS) is 19.1. The Morgan fingerprint density at radius 1 is 0.708 bits per heavy atom. The molecule has 11 heteroatoms. The topological polar surface area (TPSA) is 120 Å². The molecule has 240 valence electrons. The summed E-state index contributed by atoms with van der Waals surface area (Å²) in [6.07, 6.45) is 1.87. The number of allylic oxidation sites excluding steroid dienone is 1. The van der Waals surface area contributed by atoms with Gasteiger partial charge in [-0.15, -0.1) is 0 Å². The van der Waals surface area contributed by atoms with E-state index in [-0.39, 0.29) is 0 Å². The van der Waals surface area contributed by atoms with Gasteiger partial charge in [-0.3, -0.25) is 20.2 Å². The number of hydrogen-bond donors (Lipinski definition) is 2. The van der Waals surface area contributed by atoms with Crippen LogP contribution in [0, 0.1) is 5.41 Å². The number of ether oxygens (including phenoxy) is 2. The van der Waals surface area contributed by atoms with Crippen LogP contribution >= 0.6 is 23.2 Å². The number of rotatable bonds is 6. The maximum absolute atomic E-state index is 14.7. The molecule has 5 aromatic rings. The monoisotopic (exact) mass is 679 g/mol. The molecule has 4 amide bonds. The first kappa shape index (κ1) is 31.2. The zero-order valence-electron chi connectivity index (χ0n) is 25.6. The van der Waals surface area contributed by atoms with Gasteiger partial charge in [-0.2, -0.15) is 0 Å². The van der Waals surface area contributed by atoms with Crippen LogP contribution in [0.15, 0.2) is 102 Å². The van der Waals surface area contributed by atoms with E-state index in [0.29, 0.717) is 60.8 Å². The van der Waals surface area contributed by atoms with Gasteiger partial charge in [0.25, 0.3) is 0 Å². The summed E-state index contributed by atoms with van der Waals surface area (Å²) in [4.78, 5) is 42.1. The van der Waals surface area contributed by atoms with E-state index in [1.54, 1.807) is 74.9 Å². The summed E-state index contributed by atoms with van der Waals surface area (Å²) in [6.45, 7) is 0. The van der Waals surface area contributed by atoms with Gasteiger partial charge in [-0.25, -0.2) is 4.79 Å². The third kappa shape index (κ3) is 5.12. The molecule has 7 rings (SSSR count). The summed E-state index contributed by atoms with van der Waals surface area (Å²) in [5.41, 5.74) is 2.06. The number of barbiturate groups is 1. The van der Waals surface area contributed by atoms with Crippen molar-refractivity contribution in [3.8, 4) is 22.8 Å². The molecule has 2 aliphatic rings. The molecule has 1 aliphatic heterocycles. The van der Waals surface area contributed by atoms with E-state index in [0.717, 1.165) is 5.56 Å². The van der Waals surface area contributed by atoms with E-state index >= 15 is 0 Å². The fourth-order valence-electron chi connectivity index (χ4n) is 6.79. The van der Waals surface area contributed by atoms with Crippen molar-refractivity contribution >= 4 is 52.7 Å². The molecule has 1 fully saturated rings. The van der Waals surface area contributed by atoms with Gasteiger partial charge in [0.2, 0.25) is 11.8 Å². The summed E-state index contributed by atoms with van der Waals surface area (Å²) in [6, 6.07) is 27.4. The number of nitrogens with one attached hydrogen (secondary N) is 2. The van der Waals surface area contributed by atoms with Crippen LogP contribution < -0.4 is 20.1 Å². The predicted octanol–water partition coefficient (Wildman–Crippen LogP) is 7.49. The molecule has 0 bridgehead atoms. The molecule has 1 saturated heterocycles. The number of fused-ring (bicyclic) bond motifs is 1. The molecule has 1 aromatic heterocycles. The molecule has 1 aliphatic carbocycles. The minimum Gasteiger partial charge on any atom is -0.497 e. The lowest BCUT2D eigenvalue weighted by Gasteiger charge is -2.49. The van der Waals surface area contributed by atoms with Crippen LogP contribution in [0.3, 0.4) is 0 Å². The molecule has 2 unspecified atom stereocenters. The summed E-state index contributed by atoms with van der Waals surface area (Å²) in [5, 5.41) is 10.4. The number of carbonyl (C=O) groups excluding carboxylic acids is 3. The predicted molar refractivity (Wildman–Crippen MR) is 181 cm³/mol. The second-order valence-electron chi connectivity index (χ2n) is 11.5. The maximum Gasteiger partial charge on any atom is 0.328 e. The van der Waals surface area contributed by atoms with Gasteiger partial charge < -0.3 is 14.0 Å². The third-order valence-corrected chi connectivity index (χ3v) is 9.42. The minimum atomic E-state index is -1.96. The first-order valence-electron chi connectivity index (χ1n) is 14.9. The number of benzene rings is 4. The summed E-state index contributed by atoms with van der Waals surface area (Å²) in [5.74, 6) is -1.90. The van der Waals surface area contributed by atoms with E-state index in [9.17, 15) is 14.4 Å². The van der Waals surface area contributed by atoms with Gasteiger partial charge in [0.15, 0.2) is 11.2 Å². The van der Waals surface area contributed by atoms with E-state index in [2.05, 4.69) is 15.8 Å². The second-order valence-corrected chi connectivity index (χ2v) is 12.3. The van der Waals surface area contributed by atoms with Crippen molar-refractivity contribution in [2.75, 3.05) is 14.2 Å². The lowest BCUT2D eigenvalue weighted by atomic mass is 9.52. The van der Waals surface area contributed by atoms with Crippen LogP contribution in [0.25, 0.3) is 23.0 Å². The Balaban J connectivity index is 1.62. The SMILES string of the molecule is COc1ccc(/C=C2\c3noc(-c4ccc(OC)cc4)c3C(c3ccc(Cl)cc3)C3(C(=O)NC(=O)NC3=O)C2c2ccc(Cl)cc2)cc1. The molecule has 2 atom stereocenters. The zero-order valence-corrected chi connectivity index (χ0v) is 27.1. The molecule has 0 radical (unpaired) electrons. The van der Waals surface area contributed by atoms with Crippen molar-refractivity contribution in [3.05, 3.63) is 135 Å². The molecule has 2 heterocycles. The van der Waals surface area contributed by atoms with Crippen molar-refractivity contribution in [2.24, 2.45) is 5.41 Å². The highest BCUT2D eigenvalue weighted by Crippen LogP contribution is 2.63. The fraction of sp³-hybridized carbons (Fsp3) is 0.135. The summed E-state index contributed by atoms with van der Waals surface area (Å²) < 4.78 is 16.9. The Morgan fingerprint density at radius 3 is 1.73 bits per heavy atom. The summed E-state index contributed by atoms with van der Waals surface area (Å²) >= 11 is 12.7. The number of amides is 4. The number of halogens is 2. The molecular weight excluding hydrogens is 653 g/mol. The van der Waals surface area contributed by atoms with E-state index in [1.165, 1.54) is 0 Å². The van der Waals surface area contributed by atoms with Gasteiger partial charge >= 0.3 is 6.03 Å². The first-order chi connectivity index (χ1) is 23.2. The van der Waals surface area contributed by atoms with Gasteiger partial charge in [0.05, 0.1) is 14.2 Å². The van der Waals surface area contributed by atoms with Crippen LogP contribution in [-0.4, -0.2) is 37.2 Å². The van der Waals surface area contributed by atoms with Crippen molar-refractivity contribution < 1.29 is 28.4 Å². The maximum atomic E-state index is 14.7. The standard InChI is InChI=1S/C37H27Cl2N3O6/c1-46-26-15-3-20(4-16-26)19-28-30(21-5-11-24(38)12-6-21)37(34(43)40-36(45)41-35(37)44)31(22-7-13-25(39)14-8-22)29-32(28)42-48-33(29)23-9-17-27(47-2)18-10-23/h3-19,30-31H,1-2H3,(H2,40,41,43,44,45)/b28-19-. The van der Waals surface area contributed by atoms with Gasteiger partial charge in [0.1, 0.15) is 17.2 Å². The average Bonchev–Trinajstić information content (AvgIpc) is 3.53. The third-order valence-electron chi connectivity index (χ3n) is 8.91. The van der Waals surface area contributed by atoms with Crippen molar-refractivity contribution in [1.82, 2.24) is 15.8 Å². The van der Waals surface area contributed by atoms with Gasteiger partial charge in [-0.05, 0) is 89.0 Å². The van der Waals surface area contributed by atoms with E-state index < -0.39 is 35.1 Å². The Kier molecular flexibility index (Phi) is 8.02. The highest BCUT2D eigenvalue weighted by molar-refractivity contribution is 6.31.